The predicted molar refractivity (Wildman–Crippen MR) is 156 cm³/mol. The Morgan fingerprint density at radius 2 is 0.905 bits per heavy atom. The van der Waals surface area contributed by atoms with Gasteiger partial charge in [0, 0.05) is 0 Å². The highest BCUT2D eigenvalue weighted by Crippen LogP contribution is 2.13. The van der Waals surface area contributed by atoms with Gasteiger partial charge in [0.1, 0.15) is 23.9 Å². The first-order valence-corrected chi connectivity index (χ1v) is 13.2. The van der Waals surface area contributed by atoms with E-state index in [-0.39, 0.29) is 35.8 Å². The van der Waals surface area contributed by atoms with Crippen molar-refractivity contribution in [2.24, 2.45) is 0 Å². The van der Waals surface area contributed by atoms with Crippen molar-refractivity contribution in [2.45, 2.75) is 26.9 Å². The topological polar surface area (TPSA) is 140 Å². The maximum atomic E-state index is 11.6. The number of carbonyl (C=O) groups excluding carboxylic acids is 3. The van der Waals surface area contributed by atoms with Gasteiger partial charge in [0.15, 0.2) is 0 Å². The van der Waals surface area contributed by atoms with Crippen molar-refractivity contribution < 1.29 is 43.9 Å². The maximum absolute atomic E-state index is 11.6. The quantitative estimate of drug-likeness (QED) is 0.164. The molecule has 0 aromatic heterocycles. The van der Waals surface area contributed by atoms with E-state index >= 15 is 0 Å². The van der Waals surface area contributed by atoms with E-state index in [0.717, 1.165) is 12.0 Å². The summed E-state index contributed by atoms with van der Waals surface area (Å²) < 4.78 is 14.8. The molecular formula is C33H34O9. The summed E-state index contributed by atoms with van der Waals surface area (Å²) in [5.41, 5.74) is 2.29. The minimum Gasteiger partial charge on any atom is -0.508 e. The zero-order chi connectivity index (χ0) is 30.7. The van der Waals surface area contributed by atoms with Crippen molar-refractivity contribution in [3.8, 4) is 17.2 Å². The Morgan fingerprint density at radius 1 is 0.524 bits per heavy atom. The molecule has 0 radical (unpaired) electrons. The molecule has 0 amide bonds. The molecule has 0 spiro atoms. The number of ether oxygens (including phenoxy) is 3. The zero-order valence-electron chi connectivity index (χ0n) is 23.4. The number of rotatable bonds is 8. The summed E-state index contributed by atoms with van der Waals surface area (Å²) in [6.07, 6.45) is 0.809. The van der Waals surface area contributed by atoms with E-state index in [4.69, 9.17) is 29.5 Å². The van der Waals surface area contributed by atoms with Crippen LogP contribution in [-0.2, 0) is 20.8 Å². The molecule has 0 fully saturated rings. The van der Waals surface area contributed by atoms with Gasteiger partial charge in [-0.15, -0.1) is 0 Å². The van der Waals surface area contributed by atoms with Crippen LogP contribution in [-0.4, -0.2) is 46.4 Å². The maximum Gasteiger partial charge on any atom is 0.338 e. The van der Waals surface area contributed by atoms with Gasteiger partial charge in [-0.1, -0.05) is 37.3 Å². The molecule has 0 aliphatic carbocycles. The van der Waals surface area contributed by atoms with Gasteiger partial charge in [0.05, 0.1) is 29.9 Å². The van der Waals surface area contributed by atoms with Gasteiger partial charge in [0.25, 0.3) is 0 Å². The van der Waals surface area contributed by atoms with Crippen LogP contribution < -0.4 is 0 Å². The molecule has 3 N–H and O–H groups in total. The number of phenols is 3. The van der Waals surface area contributed by atoms with Crippen LogP contribution in [0.5, 0.6) is 17.2 Å². The van der Waals surface area contributed by atoms with Gasteiger partial charge < -0.3 is 29.5 Å². The lowest BCUT2D eigenvalue weighted by molar-refractivity contribution is 0.0469. The van der Waals surface area contributed by atoms with E-state index in [2.05, 4.69) is 0 Å². The highest BCUT2D eigenvalue weighted by atomic mass is 16.5. The normalized spacial score (nSPS) is 9.67. The molecule has 9 nitrogen and oxygen atoms in total. The average molecular weight is 575 g/mol. The number of hydrogen-bond donors (Lipinski definition) is 3. The van der Waals surface area contributed by atoms with Gasteiger partial charge in [-0.25, -0.2) is 14.4 Å². The fraction of sp³-hybridized carbons (Fsp3) is 0.182. The molecule has 4 aromatic carbocycles. The minimum atomic E-state index is -0.395. The monoisotopic (exact) mass is 574 g/mol. The molecule has 0 bridgehead atoms. The summed E-state index contributed by atoms with van der Waals surface area (Å²) >= 11 is 0. The average Bonchev–Trinajstić information content (AvgIpc) is 3.01. The van der Waals surface area contributed by atoms with Crippen molar-refractivity contribution in [2.75, 3.05) is 13.2 Å². The Labute approximate surface area is 244 Å². The van der Waals surface area contributed by atoms with Crippen molar-refractivity contribution >= 4 is 17.9 Å². The van der Waals surface area contributed by atoms with Crippen LogP contribution in [0.2, 0.25) is 0 Å². The lowest BCUT2D eigenvalue weighted by Gasteiger charge is -2.04. The lowest BCUT2D eigenvalue weighted by Crippen LogP contribution is -2.05. The molecule has 0 saturated carbocycles. The molecule has 0 aliphatic heterocycles. The second-order valence-electron chi connectivity index (χ2n) is 8.56. The summed E-state index contributed by atoms with van der Waals surface area (Å²) in [5.74, 6) is -0.687. The predicted octanol–water partition coefficient (Wildman–Crippen LogP) is 6.28. The molecular weight excluding hydrogens is 540 g/mol. The smallest absolute Gasteiger partial charge is 0.338 e. The van der Waals surface area contributed by atoms with E-state index in [1.165, 1.54) is 72.8 Å². The van der Waals surface area contributed by atoms with Crippen LogP contribution in [0.15, 0.2) is 103 Å². The number of phenolic OH excluding ortho intramolecular Hbond substituents is 3. The SMILES string of the molecule is CCCOC(=O)c1ccc(O)cc1.CCOC(=O)c1ccc(O)cc1.O=C(OCc1ccccc1)c1ccc(O)cc1. The molecule has 0 unspecified atom stereocenters. The molecule has 0 aliphatic rings. The van der Waals surface area contributed by atoms with Gasteiger partial charge in [-0.2, -0.15) is 0 Å². The van der Waals surface area contributed by atoms with Gasteiger partial charge in [-0.3, -0.25) is 0 Å². The van der Waals surface area contributed by atoms with Crippen LogP contribution in [0.4, 0.5) is 0 Å². The van der Waals surface area contributed by atoms with Gasteiger partial charge in [-0.05, 0) is 91.7 Å². The fourth-order valence-electron chi connectivity index (χ4n) is 3.09. The third-order valence-corrected chi connectivity index (χ3v) is 5.23. The molecule has 0 atom stereocenters. The largest absolute Gasteiger partial charge is 0.508 e. The van der Waals surface area contributed by atoms with Crippen LogP contribution in [0, 0.1) is 0 Å². The fourth-order valence-corrected chi connectivity index (χ4v) is 3.09. The highest BCUT2D eigenvalue weighted by molar-refractivity contribution is 5.90. The molecule has 4 aromatic rings. The number of esters is 3. The summed E-state index contributed by atoms with van der Waals surface area (Å²) in [6, 6.07) is 27.4. The third-order valence-electron chi connectivity index (χ3n) is 5.23. The van der Waals surface area contributed by atoms with E-state index in [9.17, 15) is 14.4 Å². The molecule has 4 rings (SSSR count). The number of aromatic hydroxyl groups is 3. The Kier molecular flexibility index (Phi) is 14.2. The molecule has 42 heavy (non-hydrogen) atoms. The second-order valence-corrected chi connectivity index (χ2v) is 8.56. The minimum absolute atomic E-state index is 0.129. The number of benzene rings is 4. The summed E-state index contributed by atoms with van der Waals surface area (Å²) in [4.78, 5) is 33.9. The van der Waals surface area contributed by atoms with E-state index < -0.39 is 5.97 Å². The van der Waals surface area contributed by atoms with Crippen molar-refractivity contribution in [1.29, 1.82) is 0 Å². The van der Waals surface area contributed by atoms with E-state index in [1.807, 2.05) is 37.3 Å². The summed E-state index contributed by atoms with van der Waals surface area (Å²) in [5, 5.41) is 27.0. The lowest BCUT2D eigenvalue weighted by atomic mass is 10.2. The molecule has 0 saturated heterocycles. The number of hydrogen-bond acceptors (Lipinski definition) is 9. The zero-order valence-corrected chi connectivity index (χ0v) is 23.4. The second kappa shape index (κ2) is 18.1. The first kappa shape index (κ1) is 32.9. The summed E-state index contributed by atoms with van der Waals surface area (Å²) in [6.45, 7) is 4.72. The van der Waals surface area contributed by atoms with E-state index in [0.29, 0.717) is 29.9 Å². The Bertz CT molecular complexity index is 1370. The highest BCUT2D eigenvalue weighted by Gasteiger charge is 2.07. The standard InChI is InChI=1S/C14H12O3.C10H12O3.C9H10O3/c15-13-8-6-12(7-9-13)14(16)17-10-11-4-2-1-3-5-11;1-2-7-13-10(12)8-3-5-9(11)6-4-8;1-2-12-9(11)7-3-5-8(10)6-4-7/h1-9,15H,10H2;3-6,11H,2,7H2,1H3;3-6,10H,2H2,1H3. The van der Waals surface area contributed by atoms with Gasteiger partial charge >= 0.3 is 17.9 Å². The van der Waals surface area contributed by atoms with Crippen molar-refractivity contribution in [1.82, 2.24) is 0 Å². The Balaban J connectivity index is 0.000000225. The van der Waals surface area contributed by atoms with Crippen LogP contribution in [0.1, 0.15) is 56.9 Å². The summed E-state index contributed by atoms with van der Waals surface area (Å²) in [7, 11) is 0. The van der Waals surface area contributed by atoms with Crippen LogP contribution in [0.3, 0.4) is 0 Å². The number of carbonyl (C=O) groups is 3. The molecule has 0 heterocycles. The molecule has 220 valence electrons. The first-order chi connectivity index (χ1) is 20.2. The Morgan fingerprint density at radius 3 is 1.29 bits per heavy atom. The van der Waals surface area contributed by atoms with Crippen molar-refractivity contribution in [3.05, 3.63) is 125 Å². The molecule has 9 heteroatoms. The third kappa shape index (κ3) is 12.3. The van der Waals surface area contributed by atoms with Gasteiger partial charge in [0.2, 0.25) is 0 Å². The first-order valence-electron chi connectivity index (χ1n) is 13.2. The Hall–Kier alpha value is -5.31. The van der Waals surface area contributed by atoms with Crippen LogP contribution >= 0.6 is 0 Å². The van der Waals surface area contributed by atoms with Crippen LogP contribution in [0.25, 0.3) is 0 Å². The van der Waals surface area contributed by atoms with Crippen molar-refractivity contribution in [3.63, 3.8) is 0 Å². The van der Waals surface area contributed by atoms with E-state index in [1.54, 1.807) is 6.92 Å².